The summed E-state index contributed by atoms with van der Waals surface area (Å²) in [4.78, 5) is 10.3. The first kappa shape index (κ1) is 9.54. The van der Waals surface area contributed by atoms with Gasteiger partial charge in [-0.1, -0.05) is 0 Å². The molecule has 0 atom stereocenters. The van der Waals surface area contributed by atoms with Gasteiger partial charge in [-0.25, -0.2) is 4.79 Å². The van der Waals surface area contributed by atoms with Gasteiger partial charge >= 0.3 is 5.97 Å². The van der Waals surface area contributed by atoms with Crippen LogP contribution in [0.2, 0.25) is 0 Å². The maximum Gasteiger partial charge on any atom is 0.342 e. The van der Waals surface area contributed by atoms with Crippen molar-refractivity contribution < 1.29 is 14.3 Å². The average molecular weight is 296 g/mol. The third-order valence-corrected chi connectivity index (χ3v) is 2.06. The standard InChI is InChI=1S/C7H4Br2O3/c8-5(7(10)11)3-4-1-2-6(9)12-4/h1-3H,(H,10,11)/b5-3-. The first-order valence-electron chi connectivity index (χ1n) is 2.95. The maximum atomic E-state index is 10.3. The zero-order valence-electron chi connectivity index (χ0n) is 5.75. The number of hydrogen-bond acceptors (Lipinski definition) is 2. The van der Waals surface area contributed by atoms with E-state index in [-0.39, 0.29) is 4.48 Å². The molecule has 0 aliphatic carbocycles. The molecule has 0 saturated carbocycles. The third kappa shape index (κ3) is 2.49. The molecule has 5 heteroatoms. The molecule has 12 heavy (non-hydrogen) atoms. The van der Waals surface area contributed by atoms with Crippen LogP contribution in [-0.4, -0.2) is 11.1 Å². The molecule has 1 rings (SSSR count). The second kappa shape index (κ2) is 3.91. The molecule has 0 fully saturated rings. The maximum absolute atomic E-state index is 10.3. The molecule has 1 N–H and O–H groups in total. The van der Waals surface area contributed by atoms with Crippen LogP contribution in [0.1, 0.15) is 5.76 Å². The summed E-state index contributed by atoms with van der Waals surface area (Å²) in [5, 5.41) is 8.48. The molecule has 0 aliphatic heterocycles. The number of hydrogen-bond donors (Lipinski definition) is 1. The van der Waals surface area contributed by atoms with E-state index in [0.29, 0.717) is 10.4 Å². The number of carboxylic acids is 1. The smallest absolute Gasteiger partial charge is 0.342 e. The van der Waals surface area contributed by atoms with Gasteiger partial charge in [-0.05, 0) is 44.0 Å². The molecule has 0 unspecified atom stereocenters. The molecule has 64 valence electrons. The van der Waals surface area contributed by atoms with Crippen LogP contribution in [0.15, 0.2) is 25.7 Å². The van der Waals surface area contributed by atoms with Crippen LogP contribution in [0.3, 0.4) is 0 Å². The van der Waals surface area contributed by atoms with Crippen LogP contribution < -0.4 is 0 Å². The summed E-state index contributed by atoms with van der Waals surface area (Å²) >= 11 is 5.97. The molecule has 0 radical (unpaired) electrons. The molecule has 0 aromatic carbocycles. The van der Waals surface area contributed by atoms with Gasteiger partial charge in [0.25, 0.3) is 0 Å². The molecule has 3 nitrogen and oxygen atoms in total. The Bertz CT molecular complexity index is 327. The summed E-state index contributed by atoms with van der Waals surface area (Å²) in [6, 6.07) is 3.35. The molecule has 1 heterocycles. The summed E-state index contributed by atoms with van der Waals surface area (Å²) in [6.07, 6.45) is 1.38. The second-order valence-corrected chi connectivity index (χ2v) is 3.58. The van der Waals surface area contributed by atoms with E-state index in [9.17, 15) is 4.79 Å². The number of furan rings is 1. The quantitative estimate of drug-likeness (QED) is 0.854. The predicted molar refractivity (Wildman–Crippen MR) is 50.9 cm³/mol. The van der Waals surface area contributed by atoms with E-state index in [1.54, 1.807) is 12.1 Å². The van der Waals surface area contributed by atoms with Gasteiger partial charge in [0.1, 0.15) is 10.2 Å². The first-order valence-corrected chi connectivity index (χ1v) is 4.54. The lowest BCUT2D eigenvalue weighted by molar-refractivity contribution is -0.131. The SMILES string of the molecule is O=C(O)/C(Br)=C/c1ccc(Br)o1. The Morgan fingerprint density at radius 2 is 2.25 bits per heavy atom. The Kier molecular flexibility index (Phi) is 3.11. The Labute approximate surface area is 85.3 Å². The largest absolute Gasteiger partial charge is 0.477 e. The van der Waals surface area contributed by atoms with Gasteiger partial charge in [0.05, 0.1) is 0 Å². The van der Waals surface area contributed by atoms with Crippen LogP contribution in [0.25, 0.3) is 6.08 Å². The van der Waals surface area contributed by atoms with E-state index in [1.165, 1.54) is 6.08 Å². The van der Waals surface area contributed by atoms with E-state index < -0.39 is 5.97 Å². The lowest BCUT2D eigenvalue weighted by Crippen LogP contribution is -1.91. The summed E-state index contributed by atoms with van der Waals surface area (Å²) in [5.74, 6) is -0.543. The summed E-state index contributed by atoms with van der Waals surface area (Å²) in [7, 11) is 0. The van der Waals surface area contributed by atoms with Crippen molar-refractivity contribution >= 4 is 43.9 Å². The lowest BCUT2D eigenvalue weighted by atomic mass is 10.4. The number of carbonyl (C=O) groups is 1. The van der Waals surface area contributed by atoms with Crippen molar-refractivity contribution in [2.24, 2.45) is 0 Å². The minimum absolute atomic E-state index is 0.0596. The van der Waals surface area contributed by atoms with Gasteiger partial charge in [0, 0.05) is 6.08 Å². The highest BCUT2D eigenvalue weighted by molar-refractivity contribution is 9.12. The van der Waals surface area contributed by atoms with Crippen molar-refractivity contribution in [1.29, 1.82) is 0 Å². The van der Waals surface area contributed by atoms with Crippen LogP contribution in [0.4, 0.5) is 0 Å². The fraction of sp³-hybridized carbons (Fsp3) is 0. The van der Waals surface area contributed by atoms with E-state index >= 15 is 0 Å². The van der Waals surface area contributed by atoms with Crippen LogP contribution >= 0.6 is 31.9 Å². The van der Waals surface area contributed by atoms with E-state index in [0.717, 1.165) is 0 Å². The fourth-order valence-electron chi connectivity index (χ4n) is 0.592. The molecule has 0 bridgehead atoms. The van der Waals surface area contributed by atoms with E-state index in [4.69, 9.17) is 9.52 Å². The highest BCUT2D eigenvalue weighted by Crippen LogP contribution is 2.18. The summed E-state index contributed by atoms with van der Waals surface area (Å²) in [6.45, 7) is 0. The predicted octanol–water partition coefficient (Wildman–Crippen LogP) is 2.86. The summed E-state index contributed by atoms with van der Waals surface area (Å²) in [5.41, 5.74) is 0. The minimum atomic E-state index is -1.03. The number of carboxylic acid groups (broad SMARTS) is 1. The fourth-order valence-corrected chi connectivity index (χ4v) is 1.14. The highest BCUT2D eigenvalue weighted by atomic mass is 79.9. The monoisotopic (exact) mass is 294 g/mol. The zero-order valence-corrected chi connectivity index (χ0v) is 8.92. The number of rotatable bonds is 2. The molecule has 0 aliphatic rings. The van der Waals surface area contributed by atoms with Crippen molar-refractivity contribution in [3.63, 3.8) is 0 Å². The van der Waals surface area contributed by atoms with Gasteiger partial charge in [0.2, 0.25) is 0 Å². The molecular formula is C7H4Br2O3. The Morgan fingerprint density at radius 3 is 2.67 bits per heavy atom. The third-order valence-electron chi connectivity index (χ3n) is 1.07. The van der Waals surface area contributed by atoms with Crippen molar-refractivity contribution in [3.8, 4) is 0 Å². The first-order chi connectivity index (χ1) is 5.59. The van der Waals surface area contributed by atoms with Gasteiger partial charge in [-0.15, -0.1) is 0 Å². The van der Waals surface area contributed by atoms with Crippen molar-refractivity contribution in [2.75, 3.05) is 0 Å². The molecule has 1 aromatic rings. The molecule has 0 saturated heterocycles. The molecule has 0 spiro atoms. The number of halogens is 2. The van der Waals surface area contributed by atoms with E-state index in [2.05, 4.69) is 31.9 Å². The van der Waals surface area contributed by atoms with Crippen molar-refractivity contribution in [1.82, 2.24) is 0 Å². The van der Waals surface area contributed by atoms with E-state index in [1.807, 2.05) is 0 Å². The van der Waals surface area contributed by atoms with Gasteiger partial charge < -0.3 is 9.52 Å². The van der Waals surface area contributed by atoms with Gasteiger partial charge in [0.15, 0.2) is 4.67 Å². The molecule has 1 aromatic heterocycles. The molecular weight excluding hydrogens is 292 g/mol. The Balaban J connectivity index is 2.87. The van der Waals surface area contributed by atoms with Crippen LogP contribution in [-0.2, 0) is 4.79 Å². The second-order valence-electron chi connectivity index (χ2n) is 1.94. The Morgan fingerprint density at radius 1 is 1.58 bits per heavy atom. The van der Waals surface area contributed by atoms with Crippen molar-refractivity contribution in [2.45, 2.75) is 0 Å². The van der Waals surface area contributed by atoms with Crippen LogP contribution in [0.5, 0.6) is 0 Å². The minimum Gasteiger partial charge on any atom is -0.477 e. The number of aliphatic carboxylic acids is 1. The van der Waals surface area contributed by atoms with Gasteiger partial charge in [-0.3, -0.25) is 0 Å². The topological polar surface area (TPSA) is 50.4 Å². The zero-order chi connectivity index (χ0) is 9.14. The normalized spacial score (nSPS) is 11.7. The lowest BCUT2D eigenvalue weighted by Gasteiger charge is -1.87. The molecule has 0 amide bonds. The average Bonchev–Trinajstić information content (AvgIpc) is 2.35. The summed E-state index contributed by atoms with van der Waals surface area (Å²) < 4.78 is 5.68. The Hall–Kier alpha value is -0.550. The van der Waals surface area contributed by atoms with Crippen molar-refractivity contribution in [3.05, 3.63) is 27.0 Å². The highest BCUT2D eigenvalue weighted by Gasteiger charge is 2.03. The van der Waals surface area contributed by atoms with Gasteiger partial charge in [-0.2, -0.15) is 0 Å². The van der Waals surface area contributed by atoms with Crippen LogP contribution in [0, 0.1) is 0 Å².